The van der Waals surface area contributed by atoms with Crippen molar-refractivity contribution in [2.75, 3.05) is 20.7 Å². The Labute approximate surface area is 91.6 Å². The number of hydrogen-bond acceptors (Lipinski definition) is 2. The summed E-state index contributed by atoms with van der Waals surface area (Å²) in [6, 6.07) is 8.64. The molecule has 0 amide bonds. The summed E-state index contributed by atoms with van der Waals surface area (Å²) in [5.74, 6) is 0. The monoisotopic (exact) mass is 205 g/mol. The largest absolute Gasteiger partial charge is 0.374 e. The summed E-state index contributed by atoms with van der Waals surface area (Å²) < 4.78 is 5.64. The van der Waals surface area contributed by atoms with Gasteiger partial charge in [-0.25, -0.2) is 0 Å². The van der Waals surface area contributed by atoms with Crippen molar-refractivity contribution in [2.45, 2.75) is 24.9 Å². The highest BCUT2D eigenvalue weighted by molar-refractivity contribution is 5.36. The van der Waals surface area contributed by atoms with Crippen LogP contribution in [0.15, 0.2) is 24.3 Å². The summed E-state index contributed by atoms with van der Waals surface area (Å²) in [4.78, 5) is 0. The van der Waals surface area contributed by atoms with Crippen molar-refractivity contribution < 1.29 is 4.74 Å². The standard InChI is InChI=1S/C13H19NO/c1-14-10-7-11-5-3-4-6-12(11)13(15-2)8-9-13/h3-6,14H,7-10H2,1-2H3. The third kappa shape index (κ3) is 2.06. The van der Waals surface area contributed by atoms with E-state index in [-0.39, 0.29) is 5.60 Å². The topological polar surface area (TPSA) is 21.3 Å². The summed E-state index contributed by atoms with van der Waals surface area (Å²) in [7, 11) is 3.81. The van der Waals surface area contributed by atoms with E-state index in [1.54, 1.807) is 0 Å². The molecule has 0 bridgehead atoms. The number of likely N-dealkylation sites (N-methyl/N-ethyl adjacent to an activating group) is 1. The molecule has 1 N–H and O–H groups in total. The smallest absolute Gasteiger partial charge is 0.0932 e. The maximum Gasteiger partial charge on any atom is 0.0932 e. The number of nitrogens with one attached hydrogen (secondary N) is 1. The van der Waals surface area contributed by atoms with Crippen LogP contribution in [0, 0.1) is 0 Å². The predicted molar refractivity (Wildman–Crippen MR) is 62.0 cm³/mol. The highest BCUT2D eigenvalue weighted by Gasteiger charge is 2.45. The van der Waals surface area contributed by atoms with Crippen molar-refractivity contribution >= 4 is 0 Å². The Bertz CT molecular complexity index is 331. The fourth-order valence-corrected chi connectivity index (χ4v) is 2.14. The van der Waals surface area contributed by atoms with E-state index >= 15 is 0 Å². The van der Waals surface area contributed by atoms with Crippen LogP contribution in [0.25, 0.3) is 0 Å². The van der Waals surface area contributed by atoms with Crippen molar-refractivity contribution in [1.29, 1.82) is 0 Å². The lowest BCUT2D eigenvalue weighted by Gasteiger charge is -2.18. The lowest BCUT2D eigenvalue weighted by Crippen LogP contribution is -2.16. The molecule has 0 radical (unpaired) electrons. The van der Waals surface area contributed by atoms with Crippen molar-refractivity contribution in [3.8, 4) is 0 Å². The lowest BCUT2D eigenvalue weighted by atomic mass is 9.98. The highest BCUT2D eigenvalue weighted by atomic mass is 16.5. The fraction of sp³-hybridized carbons (Fsp3) is 0.538. The number of ether oxygens (including phenoxy) is 1. The Balaban J connectivity index is 2.22. The van der Waals surface area contributed by atoms with Crippen LogP contribution < -0.4 is 5.32 Å². The molecule has 1 aliphatic carbocycles. The average molecular weight is 205 g/mol. The van der Waals surface area contributed by atoms with Crippen LogP contribution in [-0.4, -0.2) is 20.7 Å². The van der Waals surface area contributed by atoms with Crippen LogP contribution >= 0.6 is 0 Å². The lowest BCUT2D eigenvalue weighted by molar-refractivity contribution is 0.0781. The summed E-state index contributed by atoms with van der Waals surface area (Å²) in [6.07, 6.45) is 3.41. The first-order valence-electron chi connectivity index (χ1n) is 5.60. The summed E-state index contributed by atoms with van der Waals surface area (Å²) in [5.41, 5.74) is 2.86. The molecule has 0 atom stereocenters. The predicted octanol–water partition coefficient (Wildman–Crippen LogP) is 2.08. The van der Waals surface area contributed by atoms with Gasteiger partial charge in [0.05, 0.1) is 5.60 Å². The normalized spacial score (nSPS) is 17.7. The molecule has 0 saturated heterocycles. The van der Waals surface area contributed by atoms with Gasteiger partial charge in [-0.1, -0.05) is 24.3 Å². The number of benzene rings is 1. The van der Waals surface area contributed by atoms with E-state index < -0.39 is 0 Å². The second kappa shape index (κ2) is 4.33. The molecule has 82 valence electrons. The molecule has 0 aliphatic heterocycles. The second-order valence-electron chi connectivity index (χ2n) is 4.21. The van der Waals surface area contributed by atoms with E-state index in [9.17, 15) is 0 Å². The fourth-order valence-electron chi connectivity index (χ4n) is 2.14. The minimum Gasteiger partial charge on any atom is -0.374 e. The van der Waals surface area contributed by atoms with Crippen LogP contribution in [0.1, 0.15) is 24.0 Å². The third-order valence-corrected chi connectivity index (χ3v) is 3.25. The zero-order valence-corrected chi connectivity index (χ0v) is 9.55. The first-order chi connectivity index (χ1) is 7.32. The SMILES string of the molecule is CNCCc1ccccc1C1(OC)CC1. The Morgan fingerprint density at radius 1 is 1.33 bits per heavy atom. The van der Waals surface area contributed by atoms with E-state index in [0.29, 0.717) is 0 Å². The molecule has 1 aliphatic rings. The van der Waals surface area contributed by atoms with E-state index in [1.807, 2.05) is 14.2 Å². The van der Waals surface area contributed by atoms with Gasteiger partial charge < -0.3 is 10.1 Å². The van der Waals surface area contributed by atoms with E-state index in [2.05, 4.69) is 29.6 Å². The van der Waals surface area contributed by atoms with Gasteiger partial charge in [0.25, 0.3) is 0 Å². The van der Waals surface area contributed by atoms with Gasteiger partial charge in [-0.05, 0) is 44.0 Å². The molecular weight excluding hydrogens is 186 g/mol. The van der Waals surface area contributed by atoms with Crippen LogP contribution in [0.4, 0.5) is 0 Å². The van der Waals surface area contributed by atoms with Gasteiger partial charge in [-0.15, -0.1) is 0 Å². The molecule has 0 spiro atoms. The summed E-state index contributed by atoms with van der Waals surface area (Å²) in [6.45, 7) is 1.02. The molecule has 2 rings (SSSR count). The van der Waals surface area contributed by atoms with Crippen LogP contribution in [0.5, 0.6) is 0 Å². The van der Waals surface area contributed by atoms with E-state index in [1.165, 1.54) is 24.0 Å². The summed E-state index contributed by atoms with van der Waals surface area (Å²) in [5, 5.41) is 3.19. The van der Waals surface area contributed by atoms with Gasteiger partial charge in [-0.2, -0.15) is 0 Å². The minimum absolute atomic E-state index is 0.0460. The Hall–Kier alpha value is -0.860. The zero-order chi connectivity index (χ0) is 10.7. The van der Waals surface area contributed by atoms with E-state index in [4.69, 9.17) is 4.74 Å². The number of methoxy groups -OCH3 is 1. The van der Waals surface area contributed by atoms with Gasteiger partial charge >= 0.3 is 0 Å². The minimum atomic E-state index is 0.0460. The highest BCUT2D eigenvalue weighted by Crippen LogP contribution is 2.49. The molecule has 15 heavy (non-hydrogen) atoms. The van der Waals surface area contributed by atoms with Gasteiger partial charge in [0.1, 0.15) is 0 Å². The van der Waals surface area contributed by atoms with Gasteiger partial charge in [0, 0.05) is 7.11 Å². The first kappa shape index (κ1) is 10.7. The van der Waals surface area contributed by atoms with Gasteiger partial charge in [-0.3, -0.25) is 0 Å². The van der Waals surface area contributed by atoms with Crippen molar-refractivity contribution in [1.82, 2.24) is 5.32 Å². The first-order valence-corrected chi connectivity index (χ1v) is 5.60. The van der Waals surface area contributed by atoms with Crippen LogP contribution in [0.3, 0.4) is 0 Å². The van der Waals surface area contributed by atoms with Gasteiger partial charge in [0.15, 0.2) is 0 Å². The summed E-state index contributed by atoms with van der Waals surface area (Å²) >= 11 is 0. The van der Waals surface area contributed by atoms with Crippen LogP contribution in [-0.2, 0) is 16.8 Å². The zero-order valence-electron chi connectivity index (χ0n) is 9.55. The molecular formula is C13H19NO. The maximum absolute atomic E-state index is 5.64. The number of rotatable bonds is 5. The van der Waals surface area contributed by atoms with Crippen molar-refractivity contribution in [3.63, 3.8) is 0 Å². The second-order valence-corrected chi connectivity index (χ2v) is 4.21. The Kier molecular flexibility index (Phi) is 3.08. The van der Waals surface area contributed by atoms with Crippen molar-refractivity contribution in [2.24, 2.45) is 0 Å². The maximum atomic E-state index is 5.64. The van der Waals surface area contributed by atoms with E-state index in [0.717, 1.165) is 13.0 Å². The average Bonchev–Trinajstić information content (AvgIpc) is 3.08. The third-order valence-electron chi connectivity index (χ3n) is 3.25. The molecule has 1 fully saturated rings. The molecule has 2 nitrogen and oxygen atoms in total. The molecule has 2 heteroatoms. The Morgan fingerprint density at radius 2 is 2.07 bits per heavy atom. The Morgan fingerprint density at radius 3 is 2.67 bits per heavy atom. The molecule has 1 aromatic rings. The number of hydrogen-bond donors (Lipinski definition) is 1. The molecule has 0 unspecified atom stereocenters. The molecule has 1 saturated carbocycles. The quantitative estimate of drug-likeness (QED) is 0.794. The molecule has 0 heterocycles. The van der Waals surface area contributed by atoms with Gasteiger partial charge in [0.2, 0.25) is 0 Å². The molecule has 0 aromatic heterocycles. The van der Waals surface area contributed by atoms with Crippen LogP contribution in [0.2, 0.25) is 0 Å². The molecule has 1 aromatic carbocycles. The van der Waals surface area contributed by atoms with Crippen molar-refractivity contribution in [3.05, 3.63) is 35.4 Å².